The maximum atomic E-state index is 12.4. The number of aromatic nitrogens is 2. The van der Waals surface area contributed by atoms with E-state index in [-0.39, 0.29) is 5.91 Å². The summed E-state index contributed by atoms with van der Waals surface area (Å²) in [5.41, 5.74) is 4.33. The van der Waals surface area contributed by atoms with Crippen molar-refractivity contribution in [3.8, 4) is 11.3 Å². The Hall–Kier alpha value is -4.17. The van der Waals surface area contributed by atoms with Crippen LogP contribution in [0.2, 0.25) is 0 Å². The van der Waals surface area contributed by atoms with Crippen LogP contribution in [0.5, 0.6) is 0 Å². The van der Waals surface area contributed by atoms with Crippen LogP contribution in [0.1, 0.15) is 16.1 Å². The van der Waals surface area contributed by atoms with Gasteiger partial charge in [-0.2, -0.15) is 0 Å². The number of carbonyl (C=O) groups excluding carboxylic acids is 1. The molecule has 34 heavy (non-hydrogen) atoms. The van der Waals surface area contributed by atoms with Gasteiger partial charge in [-0.1, -0.05) is 12.1 Å². The predicted octanol–water partition coefficient (Wildman–Crippen LogP) is 4.25. The number of morpholine rings is 1. The minimum absolute atomic E-state index is 0.159. The van der Waals surface area contributed by atoms with Gasteiger partial charge in [-0.3, -0.25) is 4.79 Å². The van der Waals surface area contributed by atoms with E-state index in [4.69, 9.17) is 9.15 Å². The largest absolute Gasteiger partial charge is 0.467 e. The number of furan rings is 1. The second-order valence-corrected chi connectivity index (χ2v) is 7.88. The van der Waals surface area contributed by atoms with Gasteiger partial charge in [-0.05, 0) is 54.6 Å². The van der Waals surface area contributed by atoms with Crippen LogP contribution in [0, 0.1) is 0 Å². The molecule has 0 saturated carbocycles. The van der Waals surface area contributed by atoms with Crippen LogP contribution in [0.3, 0.4) is 0 Å². The SMILES string of the molecule is O=C(NCc1ccco1)c1ccc(-c2ccnc(Nc3ccc(N4CCOCC4)cc3)n2)cc1. The number of benzene rings is 2. The van der Waals surface area contributed by atoms with E-state index in [1.54, 1.807) is 30.7 Å². The molecule has 8 nitrogen and oxygen atoms in total. The number of anilines is 3. The molecule has 1 aliphatic rings. The number of hydrogen-bond acceptors (Lipinski definition) is 7. The molecule has 0 aliphatic carbocycles. The van der Waals surface area contributed by atoms with Crippen molar-refractivity contribution in [2.45, 2.75) is 6.54 Å². The molecule has 0 atom stereocenters. The molecule has 0 bridgehead atoms. The zero-order chi connectivity index (χ0) is 23.2. The summed E-state index contributed by atoms with van der Waals surface area (Å²) >= 11 is 0. The second kappa shape index (κ2) is 10.2. The first-order chi connectivity index (χ1) is 16.7. The lowest BCUT2D eigenvalue weighted by atomic mass is 10.1. The van der Waals surface area contributed by atoms with Crippen molar-refractivity contribution in [2.24, 2.45) is 0 Å². The average molecular weight is 456 g/mol. The Bertz CT molecular complexity index is 1220. The number of nitrogens with one attached hydrogen (secondary N) is 2. The first-order valence-corrected chi connectivity index (χ1v) is 11.2. The molecule has 8 heteroatoms. The van der Waals surface area contributed by atoms with Gasteiger partial charge in [0.15, 0.2) is 0 Å². The Labute approximate surface area is 197 Å². The van der Waals surface area contributed by atoms with Gasteiger partial charge < -0.3 is 24.7 Å². The molecular formula is C26H25N5O3. The molecule has 3 heterocycles. The topological polar surface area (TPSA) is 92.5 Å². The Balaban J connectivity index is 1.22. The zero-order valence-electron chi connectivity index (χ0n) is 18.6. The van der Waals surface area contributed by atoms with Crippen LogP contribution >= 0.6 is 0 Å². The van der Waals surface area contributed by atoms with E-state index in [1.165, 1.54) is 5.69 Å². The molecule has 1 aliphatic heterocycles. The monoisotopic (exact) mass is 455 g/mol. The van der Waals surface area contributed by atoms with E-state index in [0.29, 0.717) is 23.8 Å². The van der Waals surface area contributed by atoms with E-state index in [9.17, 15) is 4.79 Å². The maximum Gasteiger partial charge on any atom is 0.251 e. The fraction of sp³-hybridized carbons (Fsp3) is 0.192. The van der Waals surface area contributed by atoms with Gasteiger partial charge in [0, 0.05) is 41.8 Å². The normalized spacial score (nSPS) is 13.5. The summed E-state index contributed by atoms with van der Waals surface area (Å²) in [6.07, 6.45) is 3.30. The summed E-state index contributed by atoms with van der Waals surface area (Å²) in [5, 5.41) is 6.11. The lowest BCUT2D eigenvalue weighted by Gasteiger charge is -2.28. The highest BCUT2D eigenvalue weighted by atomic mass is 16.5. The van der Waals surface area contributed by atoms with E-state index in [0.717, 1.165) is 43.2 Å². The summed E-state index contributed by atoms with van der Waals surface area (Å²) in [5.74, 6) is 1.06. The highest BCUT2D eigenvalue weighted by molar-refractivity contribution is 5.94. The van der Waals surface area contributed by atoms with Gasteiger partial charge in [0.05, 0.1) is 31.7 Å². The van der Waals surface area contributed by atoms with E-state index < -0.39 is 0 Å². The summed E-state index contributed by atoms with van der Waals surface area (Å²) in [4.78, 5) is 23.7. The third kappa shape index (κ3) is 5.24. The Morgan fingerprint density at radius 2 is 1.76 bits per heavy atom. The molecule has 2 aromatic carbocycles. The molecule has 5 rings (SSSR count). The summed E-state index contributed by atoms with van der Waals surface area (Å²) in [6, 6.07) is 21.0. The van der Waals surface area contributed by atoms with Crippen LogP contribution in [0.15, 0.2) is 83.6 Å². The molecule has 1 saturated heterocycles. The fourth-order valence-electron chi connectivity index (χ4n) is 3.76. The quantitative estimate of drug-likeness (QED) is 0.430. The van der Waals surface area contributed by atoms with Crippen molar-refractivity contribution < 1.29 is 13.9 Å². The first-order valence-electron chi connectivity index (χ1n) is 11.2. The van der Waals surface area contributed by atoms with Crippen LogP contribution in [-0.2, 0) is 11.3 Å². The van der Waals surface area contributed by atoms with Crippen molar-refractivity contribution in [1.29, 1.82) is 0 Å². The highest BCUT2D eigenvalue weighted by Gasteiger charge is 2.11. The Morgan fingerprint density at radius 1 is 0.971 bits per heavy atom. The van der Waals surface area contributed by atoms with E-state index in [2.05, 4.69) is 37.6 Å². The van der Waals surface area contributed by atoms with Crippen LogP contribution in [0.25, 0.3) is 11.3 Å². The molecule has 0 unspecified atom stereocenters. The summed E-state index contributed by atoms with van der Waals surface area (Å²) in [6.45, 7) is 3.68. The number of ether oxygens (including phenoxy) is 1. The molecule has 2 N–H and O–H groups in total. The molecule has 2 aromatic heterocycles. The zero-order valence-corrected chi connectivity index (χ0v) is 18.6. The number of carbonyl (C=O) groups is 1. The van der Waals surface area contributed by atoms with Gasteiger partial charge in [0.25, 0.3) is 5.91 Å². The fourth-order valence-corrected chi connectivity index (χ4v) is 3.76. The highest BCUT2D eigenvalue weighted by Crippen LogP contribution is 2.23. The van der Waals surface area contributed by atoms with Crippen LogP contribution in [0.4, 0.5) is 17.3 Å². The van der Waals surface area contributed by atoms with Gasteiger partial charge in [0.2, 0.25) is 5.95 Å². The first kappa shape index (κ1) is 21.7. The third-order valence-corrected chi connectivity index (χ3v) is 5.60. The van der Waals surface area contributed by atoms with Crippen molar-refractivity contribution in [1.82, 2.24) is 15.3 Å². The molecular weight excluding hydrogens is 430 g/mol. The smallest absolute Gasteiger partial charge is 0.251 e. The Morgan fingerprint density at radius 3 is 2.50 bits per heavy atom. The third-order valence-electron chi connectivity index (χ3n) is 5.60. The molecule has 0 radical (unpaired) electrons. The summed E-state index contributed by atoms with van der Waals surface area (Å²) < 4.78 is 10.7. The van der Waals surface area contributed by atoms with Crippen LogP contribution < -0.4 is 15.5 Å². The van der Waals surface area contributed by atoms with Crippen molar-refractivity contribution in [3.63, 3.8) is 0 Å². The van der Waals surface area contributed by atoms with E-state index >= 15 is 0 Å². The molecule has 1 amide bonds. The molecule has 4 aromatic rings. The van der Waals surface area contributed by atoms with Gasteiger partial charge in [0.1, 0.15) is 5.76 Å². The van der Waals surface area contributed by atoms with Crippen LogP contribution in [-0.4, -0.2) is 42.2 Å². The number of rotatable bonds is 7. The Kier molecular flexibility index (Phi) is 6.49. The standard InChI is InChI=1S/C26H25N5O3/c32-25(28-18-23-2-1-15-34-23)20-5-3-19(4-6-20)24-11-12-27-26(30-24)29-21-7-9-22(10-8-21)31-13-16-33-17-14-31/h1-12,15H,13-14,16-18H2,(H,28,32)(H,27,29,30). The lowest BCUT2D eigenvalue weighted by molar-refractivity contribution is 0.0948. The molecule has 172 valence electrons. The minimum Gasteiger partial charge on any atom is -0.467 e. The van der Waals surface area contributed by atoms with Crippen molar-refractivity contribution in [3.05, 3.63) is 90.5 Å². The molecule has 1 fully saturated rings. The second-order valence-electron chi connectivity index (χ2n) is 7.88. The summed E-state index contributed by atoms with van der Waals surface area (Å²) in [7, 11) is 0. The number of nitrogens with zero attached hydrogens (tertiary/aromatic N) is 3. The maximum absolute atomic E-state index is 12.4. The van der Waals surface area contributed by atoms with Gasteiger partial charge >= 0.3 is 0 Å². The number of amides is 1. The van der Waals surface area contributed by atoms with E-state index in [1.807, 2.05) is 36.4 Å². The lowest BCUT2D eigenvalue weighted by Crippen LogP contribution is -2.36. The number of hydrogen-bond donors (Lipinski definition) is 2. The molecule has 0 spiro atoms. The van der Waals surface area contributed by atoms with Crippen molar-refractivity contribution >= 4 is 23.2 Å². The van der Waals surface area contributed by atoms with Gasteiger partial charge in [-0.15, -0.1) is 0 Å². The minimum atomic E-state index is -0.159. The average Bonchev–Trinajstić information content (AvgIpc) is 3.42. The van der Waals surface area contributed by atoms with Gasteiger partial charge in [-0.25, -0.2) is 9.97 Å². The predicted molar refractivity (Wildman–Crippen MR) is 130 cm³/mol. The van der Waals surface area contributed by atoms with Crippen molar-refractivity contribution in [2.75, 3.05) is 36.5 Å².